The molecule has 1 aliphatic carbocycles. The maximum atomic E-state index is 3.71. The molecule has 2 bridgehead atoms. The third-order valence-electron chi connectivity index (χ3n) is 6.23. The molecule has 19 heavy (non-hydrogen) atoms. The van der Waals surface area contributed by atoms with Gasteiger partial charge in [-0.2, -0.15) is 0 Å². The molecule has 2 atom stereocenters. The van der Waals surface area contributed by atoms with Crippen LogP contribution in [0.3, 0.4) is 0 Å². The summed E-state index contributed by atoms with van der Waals surface area (Å²) in [6.07, 6.45) is 10.1. The largest absolute Gasteiger partial charge is 0.314 e. The predicted octanol–water partition coefficient (Wildman–Crippen LogP) is 3.42. The highest BCUT2D eigenvalue weighted by Crippen LogP contribution is 2.53. The fourth-order valence-electron chi connectivity index (χ4n) is 4.63. The minimum absolute atomic E-state index is 0.693. The van der Waals surface area contributed by atoms with Gasteiger partial charge in [0.05, 0.1) is 0 Å². The van der Waals surface area contributed by atoms with Crippen molar-refractivity contribution in [2.75, 3.05) is 13.1 Å². The Morgan fingerprint density at radius 1 is 1.16 bits per heavy atom. The Hall–Kier alpha value is -0.0800. The molecule has 0 amide bonds. The lowest BCUT2D eigenvalue weighted by Gasteiger charge is -2.50. The van der Waals surface area contributed by atoms with Gasteiger partial charge in [0.1, 0.15) is 0 Å². The van der Waals surface area contributed by atoms with Gasteiger partial charge in [0, 0.05) is 24.7 Å². The summed E-state index contributed by atoms with van der Waals surface area (Å²) >= 11 is 0. The van der Waals surface area contributed by atoms with Crippen LogP contribution in [0.25, 0.3) is 0 Å². The molecule has 0 radical (unpaired) electrons. The molecule has 0 aromatic carbocycles. The first kappa shape index (κ1) is 13.9. The molecule has 1 N–H and O–H groups in total. The number of hydrogen-bond donors (Lipinski definition) is 1. The van der Waals surface area contributed by atoms with E-state index in [2.05, 4.69) is 31.0 Å². The smallest absolute Gasteiger partial charge is 0.0113 e. The van der Waals surface area contributed by atoms with Crippen molar-refractivity contribution in [3.63, 3.8) is 0 Å². The van der Waals surface area contributed by atoms with Crippen LogP contribution in [0.5, 0.6) is 0 Å². The molecule has 2 unspecified atom stereocenters. The Morgan fingerprint density at radius 3 is 2.26 bits per heavy atom. The number of hydrogen-bond acceptors (Lipinski definition) is 2. The van der Waals surface area contributed by atoms with Crippen LogP contribution in [0.15, 0.2) is 0 Å². The van der Waals surface area contributed by atoms with Crippen molar-refractivity contribution in [1.29, 1.82) is 0 Å². The molecule has 0 aromatic rings. The molecule has 3 rings (SSSR count). The number of nitrogens with zero attached hydrogens (tertiary/aromatic N) is 1. The molecular weight excluding hydrogens is 232 g/mol. The summed E-state index contributed by atoms with van der Waals surface area (Å²) in [4.78, 5) is 2.93. The fourth-order valence-corrected chi connectivity index (χ4v) is 4.63. The van der Waals surface area contributed by atoms with Crippen molar-refractivity contribution in [3.8, 4) is 0 Å². The summed E-state index contributed by atoms with van der Waals surface area (Å²) in [5.74, 6) is 0.875. The summed E-state index contributed by atoms with van der Waals surface area (Å²) in [6.45, 7) is 9.67. The Balaban J connectivity index is 1.66. The first-order valence-electron chi connectivity index (χ1n) is 8.64. The zero-order valence-electron chi connectivity index (χ0n) is 13.1. The van der Waals surface area contributed by atoms with E-state index in [1.807, 2.05) is 0 Å². The molecule has 2 nitrogen and oxygen atoms in total. The predicted molar refractivity (Wildman–Crippen MR) is 81.3 cm³/mol. The van der Waals surface area contributed by atoms with Crippen LogP contribution in [0, 0.1) is 11.3 Å². The molecule has 0 spiro atoms. The number of piperidine rings is 2. The lowest BCUT2D eigenvalue weighted by Crippen LogP contribution is -2.57. The van der Waals surface area contributed by atoms with Crippen LogP contribution in [-0.4, -0.2) is 36.1 Å². The van der Waals surface area contributed by atoms with Crippen molar-refractivity contribution in [2.24, 2.45) is 11.3 Å². The maximum Gasteiger partial charge on any atom is 0.0113 e. The van der Waals surface area contributed by atoms with E-state index in [0.717, 1.165) is 30.6 Å². The summed E-state index contributed by atoms with van der Waals surface area (Å²) in [6, 6.07) is 2.56. The van der Waals surface area contributed by atoms with Crippen molar-refractivity contribution < 1.29 is 0 Å². The van der Waals surface area contributed by atoms with Gasteiger partial charge in [-0.1, -0.05) is 27.2 Å². The van der Waals surface area contributed by atoms with Crippen molar-refractivity contribution in [1.82, 2.24) is 10.2 Å². The number of nitrogens with one attached hydrogen (secondary N) is 1. The van der Waals surface area contributed by atoms with E-state index in [-0.39, 0.29) is 0 Å². The molecule has 3 aliphatic rings. The van der Waals surface area contributed by atoms with Crippen molar-refractivity contribution >= 4 is 0 Å². The van der Waals surface area contributed by atoms with Crippen LogP contribution in [0.2, 0.25) is 0 Å². The monoisotopic (exact) mass is 264 g/mol. The normalized spacial score (nSPS) is 37.6. The SMILES string of the molecule is CCNC1CC2CCCC(C1)N2CC1(C(C)C)CC1. The number of fused-ring (bicyclic) bond motifs is 2. The summed E-state index contributed by atoms with van der Waals surface area (Å²) in [5.41, 5.74) is 0.693. The van der Waals surface area contributed by atoms with E-state index in [0.29, 0.717) is 5.41 Å². The van der Waals surface area contributed by atoms with E-state index in [4.69, 9.17) is 0 Å². The van der Waals surface area contributed by atoms with Gasteiger partial charge in [-0.3, -0.25) is 4.90 Å². The van der Waals surface area contributed by atoms with E-state index in [1.54, 1.807) is 0 Å². The second-order valence-corrected chi connectivity index (χ2v) is 7.65. The maximum absolute atomic E-state index is 3.71. The molecule has 2 heteroatoms. The minimum Gasteiger partial charge on any atom is -0.314 e. The Bertz CT molecular complexity index is 294. The van der Waals surface area contributed by atoms with Gasteiger partial charge in [-0.05, 0) is 56.4 Å². The molecule has 0 aromatic heterocycles. The first-order valence-corrected chi connectivity index (χ1v) is 8.64. The zero-order valence-corrected chi connectivity index (χ0v) is 13.1. The lowest BCUT2D eigenvalue weighted by atomic mass is 9.79. The van der Waals surface area contributed by atoms with Gasteiger partial charge in [-0.15, -0.1) is 0 Å². The molecule has 2 aliphatic heterocycles. The Labute approximate surface area is 119 Å². The van der Waals surface area contributed by atoms with Crippen molar-refractivity contribution in [2.45, 2.75) is 83.8 Å². The zero-order chi connectivity index (χ0) is 13.5. The van der Waals surface area contributed by atoms with Crippen LogP contribution in [0.1, 0.15) is 65.7 Å². The molecule has 1 saturated carbocycles. The van der Waals surface area contributed by atoms with Crippen LogP contribution in [0.4, 0.5) is 0 Å². The van der Waals surface area contributed by atoms with Gasteiger partial charge in [0.25, 0.3) is 0 Å². The third-order valence-corrected chi connectivity index (χ3v) is 6.23. The average molecular weight is 264 g/mol. The fraction of sp³-hybridized carbons (Fsp3) is 1.00. The van der Waals surface area contributed by atoms with E-state index < -0.39 is 0 Å². The Kier molecular flexibility index (Phi) is 3.92. The third kappa shape index (κ3) is 2.71. The van der Waals surface area contributed by atoms with Crippen molar-refractivity contribution in [3.05, 3.63) is 0 Å². The van der Waals surface area contributed by atoms with E-state index in [9.17, 15) is 0 Å². The second-order valence-electron chi connectivity index (χ2n) is 7.65. The summed E-state index contributed by atoms with van der Waals surface area (Å²) < 4.78 is 0. The highest BCUT2D eigenvalue weighted by Gasteiger charge is 2.49. The number of rotatable bonds is 5. The average Bonchev–Trinajstić information content (AvgIpc) is 3.11. The summed E-state index contributed by atoms with van der Waals surface area (Å²) in [5, 5.41) is 3.71. The van der Waals surface area contributed by atoms with Gasteiger partial charge in [0.2, 0.25) is 0 Å². The molecule has 2 saturated heterocycles. The van der Waals surface area contributed by atoms with E-state index >= 15 is 0 Å². The second kappa shape index (κ2) is 5.37. The van der Waals surface area contributed by atoms with E-state index in [1.165, 1.54) is 51.5 Å². The molecule has 110 valence electrons. The van der Waals surface area contributed by atoms with Crippen LogP contribution >= 0.6 is 0 Å². The minimum atomic E-state index is 0.693. The topological polar surface area (TPSA) is 15.3 Å². The van der Waals surface area contributed by atoms with Crippen LogP contribution in [-0.2, 0) is 0 Å². The standard InChI is InChI=1S/C17H32N2/c1-4-18-14-10-15-6-5-7-16(11-14)19(15)12-17(8-9-17)13(2)3/h13-16,18H,4-12H2,1-3H3. The van der Waals surface area contributed by atoms with Gasteiger partial charge >= 0.3 is 0 Å². The molecule has 3 fully saturated rings. The summed E-state index contributed by atoms with van der Waals surface area (Å²) in [7, 11) is 0. The van der Waals surface area contributed by atoms with Crippen LogP contribution < -0.4 is 5.32 Å². The first-order chi connectivity index (χ1) is 9.14. The quantitative estimate of drug-likeness (QED) is 0.818. The highest BCUT2D eigenvalue weighted by molar-refractivity contribution is 5.03. The van der Waals surface area contributed by atoms with Gasteiger partial charge in [0.15, 0.2) is 0 Å². The van der Waals surface area contributed by atoms with Gasteiger partial charge in [-0.25, -0.2) is 0 Å². The Morgan fingerprint density at radius 2 is 1.79 bits per heavy atom. The molecule has 2 heterocycles. The molecular formula is C17H32N2. The highest BCUT2D eigenvalue weighted by atomic mass is 15.2. The van der Waals surface area contributed by atoms with Gasteiger partial charge < -0.3 is 5.32 Å². The lowest BCUT2D eigenvalue weighted by molar-refractivity contribution is 0.00212.